The number of halogens is 3. The Morgan fingerprint density at radius 2 is 1.82 bits per heavy atom. The molecule has 8 heteroatoms. The molecule has 2 aromatic rings. The first-order chi connectivity index (χ1) is 15.8. The van der Waals surface area contributed by atoms with Crippen LogP contribution in [0.3, 0.4) is 0 Å². The molecule has 2 amide bonds. The van der Waals surface area contributed by atoms with Gasteiger partial charge in [0.2, 0.25) is 11.8 Å². The maximum atomic E-state index is 13.3. The second kappa shape index (κ2) is 12.6. The van der Waals surface area contributed by atoms with Gasteiger partial charge in [0.1, 0.15) is 11.9 Å². The van der Waals surface area contributed by atoms with Crippen LogP contribution in [0.1, 0.15) is 50.2 Å². The van der Waals surface area contributed by atoms with Crippen molar-refractivity contribution in [2.24, 2.45) is 0 Å². The lowest BCUT2D eigenvalue weighted by molar-refractivity contribution is -0.139. The largest absolute Gasteiger partial charge is 0.352 e. The van der Waals surface area contributed by atoms with Gasteiger partial charge in [-0.15, -0.1) is 11.8 Å². The van der Waals surface area contributed by atoms with E-state index in [4.69, 9.17) is 23.2 Å². The summed E-state index contributed by atoms with van der Waals surface area (Å²) in [6.45, 7) is 1.99. The van der Waals surface area contributed by atoms with Crippen molar-refractivity contribution in [1.29, 1.82) is 0 Å². The number of carbonyl (C=O) groups is 2. The third-order valence-electron chi connectivity index (χ3n) is 5.88. The zero-order chi connectivity index (χ0) is 23.8. The molecule has 0 bridgehead atoms. The molecule has 0 heterocycles. The van der Waals surface area contributed by atoms with Crippen LogP contribution in [0.2, 0.25) is 10.0 Å². The summed E-state index contributed by atoms with van der Waals surface area (Å²) in [6, 6.07) is 10.8. The lowest BCUT2D eigenvalue weighted by Gasteiger charge is -2.31. The van der Waals surface area contributed by atoms with E-state index in [0.29, 0.717) is 15.8 Å². The molecule has 2 aromatic carbocycles. The molecule has 0 unspecified atom stereocenters. The molecule has 1 aliphatic carbocycles. The quantitative estimate of drug-likeness (QED) is 0.434. The lowest BCUT2D eigenvalue weighted by Crippen LogP contribution is -2.50. The molecule has 0 saturated heterocycles. The third-order valence-corrected chi connectivity index (χ3v) is 7.44. The minimum absolute atomic E-state index is 0.150. The Kier molecular flexibility index (Phi) is 9.90. The van der Waals surface area contributed by atoms with Gasteiger partial charge in [0.15, 0.2) is 0 Å². The number of amides is 2. The number of hydrogen-bond donors (Lipinski definition) is 1. The van der Waals surface area contributed by atoms with Crippen LogP contribution in [0.5, 0.6) is 0 Å². The summed E-state index contributed by atoms with van der Waals surface area (Å²) in [5.41, 5.74) is 1.67. The first-order valence-corrected chi connectivity index (χ1v) is 13.1. The van der Waals surface area contributed by atoms with Crippen molar-refractivity contribution in [2.45, 2.75) is 63.4 Å². The molecule has 0 aliphatic heterocycles. The second-order valence-corrected chi connectivity index (χ2v) is 10.2. The molecule has 4 nitrogen and oxygen atoms in total. The molecule has 3 rings (SSSR count). The van der Waals surface area contributed by atoms with Crippen molar-refractivity contribution >= 4 is 46.8 Å². The molecule has 1 atom stereocenters. The fourth-order valence-corrected chi connectivity index (χ4v) is 5.38. The Hall–Kier alpha value is -1.76. The molecule has 0 spiro atoms. The molecule has 1 N–H and O–H groups in total. The molecule has 1 saturated carbocycles. The van der Waals surface area contributed by atoms with Gasteiger partial charge in [0.25, 0.3) is 0 Å². The van der Waals surface area contributed by atoms with Crippen LogP contribution in [-0.4, -0.2) is 34.6 Å². The van der Waals surface area contributed by atoms with Gasteiger partial charge in [-0.05, 0) is 55.2 Å². The van der Waals surface area contributed by atoms with E-state index in [-0.39, 0.29) is 36.0 Å². The van der Waals surface area contributed by atoms with Crippen molar-refractivity contribution in [2.75, 3.05) is 5.75 Å². The zero-order valence-electron chi connectivity index (χ0n) is 18.7. The van der Waals surface area contributed by atoms with Crippen LogP contribution < -0.4 is 5.32 Å². The maximum absolute atomic E-state index is 13.3. The molecular weight excluding hydrogens is 482 g/mol. The highest BCUT2D eigenvalue weighted by atomic mass is 35.5. The van der Waals surface area contributed by atoms with Gasteiger partial charge in [-0.1, -0.05) is 60.7 Å². The molecular formula is C25H29Cl2FN2O2S. The van der Waals surface area contributed by atoms with Gasteiger partial charge in [-0.3, -0.25) is 9.59 Å². The summed E-state index contributed by atoms with van der Waals surface area (Å²) in [5.74, 6) is 0.106. The van der Waals surface area contributed by atoms with Crippen LogP contribution in [0.4, 0.5) is 4.39 Å². The molecule has 0 aromatic heterocycles. The summed E-state index contributed by atoms with van der Waals surface area (Å²) in [5, 5.41) is 4.24. The average Bonchev–Trinajstić information content (AvgIpc) is 2.80. The van der Waals surface area contributed by atoms with Gasteiger partial charge in [0, 0.05) is 28.4 Å². The Bertz CT molecular complexity index is 952. The van der Waals surface area contributed by atoms with E-state index in [1.54, 1.807) is 36.1 Å². The topological polar surface area (TPSA) is 49.4 Å². The van der Waals surface area contributed by atoms with E-state index < -0.39 is 6.04 Å². The maximum Gasteiger partial charge on any atom is 0.242 e. The van der Waals surface area contributed by atoms with Gasteiger partial charge in [0.05, 0.1) is 5.75 Å². The van der Waals surface area contributed by atoms with Gasteiger partial charge in [-0.2, -0.15) is 0 Å². The smallest absolute Gasteiger partial charge is 0.242 e. The van der Waals surface area contributed by atoms with Gasteiger partial charge >= 0.3 is 0 Å². The Labute approximate surface area is 209 Å². The fourth-order valence-electron chi connectivity index (χ4n) is 3.91. The summed E-state index contributed by atoms with van der Waals surface area (Å²) >= 11 is 13.6. The van der Waals surface area contributed by atoms with E-state index in [1.807, 2.05) is 6.07 Å². The van der Waals surface area contributed by atoms with Gasteiger partial charge < -0.3 is 10.2 Å². The lowest BCUT2D eigenvalue weighted by atomic mass is 9.95. The summed E-state index contributed by atoms with van der Waals surface area (Å²) in [7, 11) is 0. The van der Waals surface area contributed by atoms with E-state index in [1.165, 1.54) is 30.3 Å². The van der Waals surface area contributed by atoms with Crippen LogP contribution in [0, 0.1) is 5.82 Å². The minimum atomic E-state index is -0.635. The van der Waals surface area contributed by atoms with Crippen molar-refractivity contribution in [1.82, 2.24) is 10.2 Å². The van der Waals surface area contributed by atoms with Gasteiger partial charge in [-0.25, -0.2) is 4.39 Å². The SMILES string of the molecule is C[C@H](C(=O)NC1CCCCC1)N(Cc1ccc(F)cc1)C(=O)CSCc1ccc(Cl)cc1Cl. The van der Waals surface area contributed by atoms with Crippen molar-refractivity contribution in [3.05, 3.63) is 69.5 Å². The van der Waals surface area contributed by atoms with Crippen molar-refractivity contribution < 1.29 is 14.0 Å². The van der Waals surface area contributed by atoms with E-state index in [0.717, 1.165) is 36.8 Å². The third kappa shape index (κ3) is 7.90. The fraction of sp³-hybridized carbons (Fsp3) is 0.440. The zero-order valence-corrected chi connectivity index (χ0v) is 21.0. The minimum Gasteiger partial charge on any atom is -0.352 e. The molecule has 1 aliphatic rings. The van der Waals surface area contributed by atoms with Crippen LogP contribution in [0.25, 0.3) is 0 Å². The highest BCUT2D eigenvalue weighted by Gasteiger charge is 2.28. The van der Waals surface area contributed by atoms with Crippen LogP contribution >= 0.6 is 35.0 Å². The number of rotatable bonds is 9. The van der Waals surface area contributed by atoms with E-state index >= 15 is 0 Å². The monoisotopic (exact) mass is 510 g/mol. The van der Waals surface area contributed by atoms with Crippen molar-refractivity contribution in [3.63, 3.8) is 0 Å². The molecule has 33 heavy (non-hydrogen) atoms. The number of hydrogen-bond acceptors (Lipinski definition) is 3. The van der Waals surface area contributed by atoms with Crippen LogP contribution in [0.15, 0.2) is 42.5 Å². The predicted molar refractivity (Wildman–Crippen MR) is 134 cm³/mol. The molecule has 0 radical (unpaired) electrons. The highest BCUT2D eigenvalue weighted by Crippen LogP contribution is 2.25. The predicted octanol–water partition coefficient (Wildman–Crippen LogP) is 6.23. The summed E-state index contributed by atoms with van der Waals surface area (Å²) in [4.78, 5) is 27.7. The first kappa shape index (κ1) is 25.9. The van der Waals surface area contributed by atoms with E-state index in [2.05, 4.69) is 5.32 Å². The standard InChI is InChI=1S/C25H29Cl2FN2O2S/c1-17(25(32)29-22-5-3-2-4-6-22)30(14-18-7-11-21(28)12-8-18)24(31)16-33-15-19-9-10-20(26)13-23(19)27/h7-13,17,22H,2-6,14-16H2,1H3,(H,29,32)/t17-/m1/s1. The number of carbonyl (C=O) groups excluding carboxylic acids is 2. The average molecular weight is 511 g/mol. The number of nitrogens with zero attached hydrogens (tertiary/aromatic N) is 1. The number of thioether (sulfide) groups is 1. The summed E-state index contributed by atoms with van der Waals surface area (Å²) < 4.78 is 13.3. The highest BCUT2D eigenvalue weighted by molar-refractivity contribution is 7.99. The Morgan fingerprint density at radius 1 is 1.12 bits per heavy atom. The summed E-state index contributed by atoms with van der Waals surface area (Å²) in [6.07, 6.45) is 5.37. The van der Waals surface area contributed by atoms with Crippen LogP contribution in [-0.2, 0) is 21.9 Å². The normalized spacial score (nSPS) is 15.2. The Balaban J connectivity index is 1.65. The molecule has 178 valence electrons. The number of benzene rings is 2. The molecule has 1 fully saturated rings. The number of nitrogens with one attached hydrogen (secondary N) is 1. The van der Waals surface area contributed by atoms with Crippen molar-refractivity contribution in [3.8, 4) is 0 Å². The second-order valence-electron chi connectivity index (χ2n) is 8.40. The Morgan fingerprint density at radius 3 is 2.48 bits per heavy atom. The van der Waals surface area contributed by atoms with E-state index in [9.17, 15) is 14.0 Å². The first-order valence-electron chi connectivity index (χ1n) is 11.2.